The predicted octanol–water partition coefficient (Wildman–Crippen LogP) is 2.63. The number of aromatic nitrogens is 5. The minimum absolute atomic E-state index is 0.109. The van der Waals surface area contributed by atoms with Crippen molar-refractivity contribution in [1.82, 2.24) is 29.0 Å². The number of hydrogen-bond acceptors (Lipinski definition) is 5. The maximum Gasteiger partial charge on any atom is 0.244 e. The lowest BCUT2D eigenvalue weighted by Crippen LogP contribution is -2.41. The standard InChI is InChI=1S/C18H24N6OS/c1-11-10-26-18-17(20-14(4)24(11)18)15-6-5-7-22(8-15)16(25)9-23-13(3)19-12(2)21-23/h10,15H,5-9H2,1-4H3/t15-/m1/s1. The highest BCUT2D eigenvalue weighted by molar-refractivity contribution is 7.15. The molecular formula is C18H24N6OS. The quantitative estimate of drug-likeness (QED) is 0.709. The summed E-state index contributed by atoms with van der Waals surface area (Å²) in [5, 5.41) is 6.49. The van der Waals surface area contributed by atoms with Crippen LogP contribution in [0.25, 0.3) is 4.83 Å². The van der Waals surface area contributed by atoms with Crippen molar-refractivity contribution >= 4 is 22.1 Å². The Morgan fingerprint density at radius 3 is 2.77 bits per heavy atom. The number of rotatable bonds is 3. The number of amides is 1. The second kappa shape index (κ2) is 6.50. The molecule has 26 heavy (non-hydrogen) atoms. The van der Waals surface area contributed by atoms with Crippen LogP contribution in [0.4, 0.5) is 0 Å². The Kier molecular flexibility index (Phi) is 4.30. The molecule has 0 radical (unpaired) electrons. The number of imidazole rings is 1. The highest BCUT2D eigenvalue weighted by atomic mass is 32.1. The summed E-state index contributed by atoms with van der Waals surface area (Å²) < 4.78 is 3.92. The van der Waals surface area contributed by atoms with Crippen LogP contribution < -0.4 is 0 Å². The number of piperidine rings is 1. The number of fused-ring (bicyclic) bond motifs is 1. The summed E-state index contributed by atoms with van der Waals surface area (Å²) in [6, 6.07) is 0. The molecule has 1 amide bonds. The third-order valence-corrected chi connectivity index (χ3v) is 6.20. The van der Waals surface area contributed by atoms with E-state index in [1.165, 1.54) is 10.5 Å². The van der Waals surface area contributed by atoms with Crippen molar-refractivity contribution in [3.63, 3.8) is 0 Å². The topological polar surface area (TPSA) is 68.3 Å². The maximum absolute atomic E-state index is 12.8. The number of aryl methyl sites for hydroxylation is 4. The van der Waals surface area contributed by atoms with Crippen LogP contribution in [0.15, 0.2) is 5.38 Å². The molecule has 0 saturated carbocycles. The molecule has 0 spiro atoms. The summed E-state index contributed by atoms with van der Waals surface area (Å²) in [4.78, 5) is 25.1. The molecule has 1 saturated heterocycles. The molecule has 0 bridgehead atoms. The summed E-state index contributed by atoms with van der Waals surface area (Å²) in [5.41, 5.74) is 2.37. The molecule has 1 fully saturated rings. The van der Waals surface area contributed by atoms with Crippen LogP contribution in [0.1, 0.15) is 47.6 Å². The fraction of sp³-hybridized carbons (Fsp3) is 0.556. The lowest BCUT2D eigenvalue weighted by Gasteiger charge is -2.32. The second-order valence-corrected chi connectivity index (χ2v) is 7.96. The molecule has 1 aliphatic rings. The smallest absolute Gasteiger partial charge is 0.244 e. The molecule has 3 aromatic heterocycles. The van der Waals surface area contributed by atoms with Gasteiger partial charge in [-0.15, -0.1) is 11.3 Å². The van der Waals surface area contributed by atoms with Gasteiger partial charge in [0, 0.05) is 30.1 Å². The molecule has 4 heterocycles. The Morgan fingerprint density at radius 2 is 2.04 bits per heavy atom. The average molecular weight is 372 g/mol. The first-order valence-corrected chi connectivity index (χ1v) is 9.91. The van der Waals surface area contributed by atoms with E-state index in [-0.39, 0.29) is 12.5 Å². The van der Waals surface area contributed by atoms with Crippen LogP contribution in [0.2, 0.25) is 0 Å². The van der Waals surface area contributed by atoms with Crippen molar-refractivity contribution in [2.45, 2.75) is 53.0 Å². The minimum atomic E-state index is 0.109. The van der Waals surface area contributed by atoms with Gasteiger partial charge in [-0.25, -0.2) is 14.6 Å². The number of hydrogen-bond donors (Lipinski definition) is 0. The van der Waals surface area contributed by atoms with Gasteiger partial charge in [0.1, 0.15) is 28.8 Å². The van der Waals surface area contributed by atoms with E-state index < -0.39 is 0 Å². The van der Waals surface area contributed by atoms with E-state index in [4.69, 9.17) is 4.98 Å². The first kappa shape index (κ1) is 17.2. The van der Waals surface area contributed by atoms with Crippen LogP contribution in [0, 0.1) is 27.7 Å². The molecule has 3 aromatic rings. The van der Waals surface area contributed by atoms with Crippen LogP contribution in [0.3, 0.4) is 0 Å². The molecule has 7 nitrogen and oxygen atoms in total. The SMILES string of the molecule is Cc1nc(C)n(CC(=O)N2CCC[C@@H](c3nc(C)n4c(C)csc34)C2)n1. The molecule has 1 atom stereocenters. The molecule has 0 N–H and O–H groups in total. The number of carbonyl (C=O) groups excluding carboxylic acids is 1. The fourth-order valence-electron chi connectivity index (χ4n) is 3.89. The van der Waals surface area contributed by atoms with Gasteiger partial charge in [0.25, 0.3) is 0 Å². The van der Waals surface area contributed by atoms with E-state index in [9.17, 15) is 4.79 Å². The number of nitrogens with zero attached hydrogens (tertiary/aromatic N) is 6. The normalized spacial score (nSPS) is 18.0. The molecule has 0 aromatic carbocycles. The molecule has 0 unspecified atom stereocenters. The summed E-state index contributed by atoms with van der Waals surface area (Å²) in [7, 11) is 0. The summed E-state index contributed by atoms with van der Waals surface area (Å²) in [6.07, 6.45) is 2.09. The van der Waals surface area contributed by atoms with Crippen molar-refractivity contribution in [3.05, 3.63) is 34.2 Å². The molecule has 8 heteroatoms. The largest absolute Gasteiger partial charge is 0.340 e. The fourth-order valence-corrected chi connectivity index (χ4v) is 4.99. The average Bonchev–Trinajstić information content (AvgIpc) is 3.25. The van der Waals surface area contributed by atoms with Crippen molar-refractivity contribution in [1.29, 1.82) is 0 Å². The maximum atomic E-state index is 12.8. The summed E-state index contributed by atoms with van der Waals surface area (Å²) >= 11 is 1.75. The molecule has 4 rings (SSSR count). The van der Waals surface area contributed by atoms with Gasteiger partial charge >= 0.3 is 0 Å². The zero-order valence-corrected chi connectivity index (χ0v) is 16.5. The van der Waals surface area contributed by atoms with Gasteiger partial charge in [0.15, 0.2) is 0 Å². The Balaban J connectivity index is 1.53. The first-order chi connectivity index (χ1) is 12.4. The van der Waals surface area contributed by atoms with Gasteiger partial charge < -0.3 is 4.90 Å². The van der Waals surface area contributed by atoms with Crippen molar-refractivity contribution in [2.75, 3.05) is 13.1 Å². The summed E-state index contributed by atoms with van der Waals surface area (Å²) in [5.74, 6) is 2.93. The molecule has 1 aliphatic heterocycles. The number of likely N-dealkylation sites (tertiary alicyclic amines) is 1. The number of thiazole rings is 1. The second-order valence-electron chi connectivity index (χ2n) is 7.10. The Labute approximate surface area is 156 Å². The lowest BCUT2D eigenvalue weighted by atomic mass is 9.95. The Hall–Kier alpha value is -2.22. The van der Waals surface area contributed by atoms with E-state index in [2.05, 4.69) is 33.7 Å². The Bertz CT molecular complexity index is 968. The van der Waals surface area contributed by atoms with Gasteiger partial charge in [0.2, 0.25) is 5.91 Å². The van der Waals surface area contributed by atoms with Crippen molar-refractivity contribution in [3.8, 4) is 0 Å². The van der Waals surface area contributed by atoms with Crippen LogP contribution in [-0.2, 0) is 11.3 Å². The van der Waals surface area contributed by atoms with Gasteiger partial charge in [-0.1, -0.05) is 0 Å². The number of carbonyl (C=O) groups is 1. The van der Waals surface area contributed by atoms with Gasteiger partial charge in [-0.05, 0) is 40.5 Å². The van der Waals surface area contributed by atoms with E-state index in [1.807, 2.05) is 18.7 Å². The molecule has 138 valence electrons. The van der Waals surface area contributed by atoms with E-state index in [0.29, 0.717) is 11.7 Å². The van der Waals surface area contributed by atoms with E-state index in [0.717, 1.165) is 43.3 Å². The van der Waals surface area contributed by atoms with Crippen LogP contribution in [0.5, 0.6) is 0 Å². The predicted molar refractivity (Wildman–Crippen MR) is 101 cm³/mol. The zero-order valence-electron chi connectivity index (χ0n) is 15.7. The first-order valence-electron chi connectivity index (χ1n) is 9.03. The zero-order chi connectivity index (χ0) is 18.4. The highest BCUT2D eigenvalue weighted by Gasteiger charge is 2.29. The minimum Gasteiger partial charge on any atom is -0.340 e. The van der Waals surface area contributed by atoms with Crippen LogP contribution >= 0.6 is 11.3 Å². The van der Waals surface area contributed by atoms with E-state index in [1.54, 1.807) is 16.0 Å². The third-order valence-electron chi connectivity index (χ3n) is 5.13. The Morgan fingerprint density at radius 1 is 1.23 bits per heavy atom. The summed E-state index contributed by atoms with van der Waals surface area (Å²) in [6.45, 7) is 9.69. The van der Waals surface area contributed by atoms with E-state index >= 15 is 0 Å². The monoisotopic (exact) mass is 372 g/mol. The van der Waals surface area contributed by atoms with Gasteiger partial charge in [0.05, 0.1) is 5.69 Å². The molecule has 0 aliphatic carbocycles. The van der Waals surface area contributed by atoms with Crippen LogP contribution in [-0.4, -0.2) is 48.0 Å². The van der Waals surface area contributed by atoms with Crippen molar-refractivity contribution < 1.29 is 4.79 Å². The molecular weight excluding hydrogens is 348 g/mol. The lowest BCUT2D eigenvalue weighted by molar-refractivity contribution is -0.133. The highest BCUT2D eigenvalue weighted by Crippen LogP contribution is 2.33. The van der Waals surface area contributed by atoms with Gasteiger partial charge in [-0.2, -0.15) is 5.10 Å². The van der Waals surface area contributed by atoms with Gasteiger partial charge in [-0.3, -0.25) is 9.20 Å². The third kappa shape index (κ3) is 2.92. The van der Waals surface area contributed by atoms with Crippen molar-refractivity contribution in [2.24, 2.45) is 0 Å².